The number of halogens is 1. The molecule has 2 saturated heterocycles. The van der Waals surface area contributed by atoms with Gasteiger partial charge in [-0.25, -0.2) is 9.18 Å². The Balaban J connectivity index is 1.50. The van der Waals surface area contributed by atoms with Crippen molar-refractivity contribution in [3.05, 3.63) is 71.6 Å². The Kier molecular flexibility index (Phi) is 5.55. The third-order valence-electron chi connectivity index (χ3n) is 5.82. The zero-order chi connectivity index (χ0) is 21.3. The molecule has 3 atom stereocenters. The second kappa shape index (κ2) is 8.28. The molecule has 2 N–H and O–H groups in total. The first-order valence-electron chi connectivity index (χ1n) is 9.98. The Morgan fingerprint density at radius 1 is 1.20 bits per heavy atom. The number of nitrogens with zero attached hydrogens (tertiary/aromatic N) is 2. The van der Waals surface area contributed by atoms with E-state index in [9.17, 15) is 19.1 Å². The molecule has 156 valence electrons. The number of amides is 3. The predicted octanol–water partition coefficient (Wildman–Crippen LogP) is 3.06. The Morgan fingerprint density at radius 2 is 1.90 bits per heavy atom. The molecule has 0 aromatic heterocycles. The van der Waals surface area contributed by atoms with E-state index in [0.717, 1.165) is 11.1 Å². The maximum atomic E-state index is 13.1. The summed E-state index contributed by atoms with van der Waals surface area (Å²) in [6, 6.07) is 12.7. The maximum absolute atomic E-state index is 13.1. The Labute approximate surface area is 174 Å². The van der Waals surface area contributed by atoms with Gasteiger partial charge in [-0.15, -0.1) is 0 Å². The smallest absolute Gasteiger partial charge is 0.322 e. The molecule has 0 radical (unpaired) electrons. The van der Waals surface area contributed by atoms with Gasteiger partial charge < -0.3 is 20.2 Å². The van der Waals surface area contributed by atoms with Gasteiger partial charge in [0.2, 0.25) is 5.91 Å². The van der Waals surface area contributed by atoms with Gasteiger partial charge in [0, 0.05) is 18.2 Å². The van der Waals surface area contributed by atoms with E-state index in [1.165, 1.54) is 29.2 Å². The van der Waals surface area contributed by atoms with Crippen LogP contribution < -0.4 is 5.32 Å². The first-order valence-corrected chi connectivity index (χ1v) is 9.98. The number of aliphatic hydroxyl groups excluding tert-OH is 1. The van der Waals surface area contributed by atoms with Crippen molar-refractivity contribution in [2.45, 2.75) is 24.9 Å². The molecule has 2 aliphatic rings. The number of nitrogens with one attached hydrogen (secondary N) is 1. The number of fused-ring (bicyclic) bond motifs is 1. The largest absolute Gasteiger partial charge is 0.394 e. The van der Waals surface area contributed by atoms with Crippen molar-refractivity contribution in [2.75, 3.05) is 25.0 Å². The number of anilines is 1. The molecule has 0 spiro atoms. The number of carbonyl (C=O) groups is 2. The van der Waals surface area contributed by atoms with Gasteiger partial charge in [-0.05, 0) is 42.3 Å². The first kappa shape index (κ1) is 20.1. The Bertz CT molecular complexity index is 959. The minimum Gasteiger partial charge on any atom is -0.394 e. The number of aliphatic hydroxyl groups is 1. The van der Waals surface area contributed by atoms with Crippen LogP contribution in [0.4, 0.5) is 14.9 Å². The van der Waals surface area contributed by atoms with Gasteiger partial charge in [-0.2, -0.15) is 0 Å². The number of benzene rings is 2. The third-order valence-corrected chi connectivity index (χ3v) is 5.82. The standard InChI is InChI=1S/C23H24FN3O3/c1-2-3-15-4-6-16(7-5-15)22-19-12-26(13-21(29)27(19)20(22)14-28)23(30)25-18-10-8-17(24)9-11-18/h2-11,19-20,22,28H,12-14H2,1H3,(H,25,30)/b3-2+/t19-,20-,22+/m0/s1. The average Bonchev–Trinajstić information content (AvgIpc) is 2.72. The van der Waals surface area contributed by atoms with Crippen LogP contribution in [-0.2, 0) is 4.79 Å². The molecule has 7 heteroatoms. The van der Waals surface area contributed by atoms with Crippen LogP contribution in [-0.4, -0.2) is 58.6 Å². The summed E-state index contributed by atoms with van der Waals surface area (Å²) in [6.45, 7) is 2.16. The lowest BCUT2D eigenvalue weighted by molar-refractivity contribution is -0.159. The molecular weight excluding hydrogens is 385 g/mol. The van der Waals surface area contributed by atoms with Gasteiger partial charge in [-0.1, -0.05) is 36.4 Å². The van der Waals surface area contributed by atoms with Gasteiger partial charge in [0.25, 0.3) is 0 Å². The highest BCUT2D eigenvalue weighted by molar-refractivity contribution is 5.93. The Morgan fingerprint density at radius 3 is 2.53 bits per heavy atom. The van der Waals surface area contributed by atoms with Crippen molar-refractivity contribution in [1.82, 2.24) is 9.80 Å². The highest BCUT2D eigenvalue weighted by atomic mass is 19.1. The normalized spacial score (nSPS) is 23.3. The summed E-state index contributed by atoms with van der Waals surface area (Å²) in [4.78, 5) is 28.5. The van der Waals surface area contributed by atoms with Gasteiger partial charge in [0.05, 0.1) is 18.7 Å². The summed E-state index contributed by atoms with van der Waals surface area (Å²) in [6.07, 6.45) is 3.97. The number of piperazine rings is 1. The number of carbonyl (C=O) groups excluding carboxylic acids is 2. The van der Waals surface area contributed by atoms with E-state index in [-0.39, 0.29) is 42.9 Å². The quantitative estimate of drug-likeness (QED) is 0.815. The molecule has 30 heavy (non-hydrogen) atoms. The van der Waals surface area contributed by atoms with Crippen molar-refractivity contribution < 1.29 is 19.1 Å². The van der Waals surface area contributed by atoms with E-state index in [1.54, 1.807) is 4.90 Å². The molecule has 0 bridgehead atoms. The molecular formula is C23H24FN3O3. The van der Waals surface area contributed by atoms with Crippen LogP contribution in [0.1, 0.15) is 24.0 Å². The summed E-state index contributed by atoms with van der Waals surface area (Å²) in [7, 11) is 0. The van der Waals surface area contributed by atoms with E-state index >= 15 is 0 Å². The van der Waals surface area contributed by atoms with Gasteiger partial charge >= 0.3 is 6.03 Å². The van der Waals surface area contributed by atoms with E-state index in [0.29, 0.717) is 12.2 Å². The number of hydrogen-bond donors (Lipinski definition) is 2. The average molecular weight is 409 g/mol. The van der Waals surface area contributed by atoms with Crippen LogP contribution in [0, 0.1) is 5.82 Å². The monoisotopic (exact) mass is 409 g/mol. The molecule has 3 amide bonds. The number of hydrogen-bond acceptors (Lipinski definition) is 3. The second-order valence-corrected chi connectivity index (χ2v) is 7.63. The highest BCUT2D eigenvalue weighted by Crippen LogP contribution is 2.43. The number of urea groups is 1. The van der Waals surface area contributed by atoms with Crippen LogP contribution in [0.5, 0.6) is 0 Å². The third kappa shape index (κ3) is 3.68. The van der Waals surface area contributed by atoms with Crippen LogP contribution in [0.25, 0.3) is 6.08 Å². The van der Waals surface area contributed by atoms with Crippen molar-refractivity contribution in [1.29, 1.82) is 0 Å². The second-order valence-electron chi connectivity index (χ2n) is 7.63. The molecule has 0 aliphatic carbocycles. The molecule has 6 nitrogen and oxygen atoms in total. The van der Waals surface area contributed by atoms with Crippen molar-refractivity contribution in [3.8, 4) is 0 Å². The fourth-order valence-corrected chi connectivity index (χ4v) is 4.41. The van der Waals surface area contributed by atoms with Crippen molar-refractivity contribution >= 4 is 23.7 Å². The topological polar surface area (TPSA) is 72.9 Å². The summed E-state index contributed by atoms with van der Waals surface area (Å²) in [5, 5.41) is 12.6. The first-order chi connectivity index (χ1) is 14.5. The van der Waals surface area contributed by atoms with Crippen LogP contribution >= 0.6 is 0 Å². The van der Waals surface area contributed by atoms with E-state index in [1.807, 2.05) is 43.3 Å². The molecule has 2 fully saturated rings. The lowest BCUT2D eigenvalue weighted by Crippen LogP contribution is -2.73. The van der Waals surface area contributed by atoms with Crippen LogP contribution in [0.2, 0.25) is 0 Å². The highest BCUT2D eigenvalue weighted by Gasteiger charge is 2.54. The summed E-state index contributed by atoms with van der Waals surface area (Å²) >= 11 is 0. The molecule has 0 saturated carbocycles. The zero-order valence-electron chi connectivity index (χ0n) is 16.7. The summed E-state index contributed by atoms with van der Waals surface area (Å²) in [5.74, 6) is -0.606. The minimum absolute atomic E-state index is 0.0416. The fraction of sp³-hybridized carbons (Fsp3) is 0.304. The van der Waals surface area contributed by atoms with E-state index < -0.39 is 6.03 Å². The number of allylic oxidation sites excluding steroid dienone is 1. The minimum atomic E-state index is -0.399. The SMILES string of the molecule is C/C=C/c1ccc([C@H]2[C@H](CO)N3C(=O)CN(C(=O)Nc4ccc(F)cc4)C[C@@H]23)cc1. The molecule has 2 aromatic carbocycles. The van der Waals surface area contributed by atoms with Gasteiger partial charge in [0.1, 0.15) is 12.4 Å². The lowest BCUT2D eigenvalue weighted by Gasteiger charge is -2.58. The molecule has 2 heterocycles. The van der Waals surface area contributed by atoms with Gasteiger partial charge in [-0.3, -0.25) is 4.79 Å². The molecule has 2 aliphatic heterocycles. The molecule has 0 unspecified atom stereocenters. The van der Waals surface area contributed by atoms with Crippen LogP contribution in [0.15, 0.2) is 54.6 Å². The molecule has 4 rings (SSSR count). The Hall–Kier alpha value is -3.19. The summed E-state index contributed by atoms with van der Waals surface area (Å²) in [5.41, 5.74) is 2.59. The van der Waals surface area contributed by atoms with Gasteiger partial charge in [0.15, 0.2) is 0 Å². The summed E-state index contributed by atoms with van der Waals surface area (Å²) < 4.78 is 13.1. The zero-order valence-corrected chi connectivity index (χ0v) is 16.7. The molecule has 2 aromatic rings. The lowest BCUT2D eigenvalue weighted by atomic mass is 9.73. The van der Waals surface area contributed by atoms with E-state index in [2.05, 4.69) is 5.32 Å². The van der Waals surface area contributed by atoms with Crippen molar-refractivity contribution in [3.63, 3.8) is 0 Å². The van der Waals surface area contributed by atoms with Crippen LogP contribution in [0.3, 0.4) is 0 Å². The predicted molar refractivity (Wildman–Crippen MR) is 112 cm³/mol. The maximum Gasteiger partial charge on any atom is 0.322 e. The van der Waals surface area contributed by atoms with Crippen molar-refractivity contribution in [2.24, 2.45) is 0 Å². The number of rotatable bonds is 4. The van der Waals surface area contributed by atoms with E-state index in [4.69, 9.17) is 0 Å². The fourth-order valence-electron chi connectivity index (χ4n) is 4.41.